The molecule has 214 valence electrons. The number of carbonyl (C=O) groups is 2. The molecule has 0 N–H and O–H groups in total. The highest BCUT2D eigenvalue weighted by molar-refractivity contribution is 5.91. The quantitative estimate of drug-likeness (QED) is 0.460. The van der Waals surface area contributed by atoms with Gasteiger partial charge in [0.1, 0.15) is 0 Å². The maximum atomic E-state index is 14.1. The summed E-state index contributed by atoms with van der Waals surface area (Å²) in [5, 5.41) is 0. The van der Waals surface area contributed by atoms with Crippen LogP contribution in [-0.2, 0) is 28.7 Å². The highest BCUT2D eigenvalue weighted by atomic mass is 19.4. The van der Waals surface area contributed by atoms with Crippen LogP contribution in [0.15, 0.2) is 36.5 Å². The summed E-state index contributed by atoms with van der Waals surface area (Å²) in [6.07, 6.45) is 3.60. The number of ether oxygens (including phenoxy) is 1. The Morgan fingerprint density at radius 2 is 1.88 bits per heavy atom. The molecule has 9 heteroatoms. The van der Waals surface area contributed by atoms with Crippen LogP contribution in [0.2, 0.25) is 0 Å². The zero-order valence-electron chi connectivity index (χ0n) is 22.9. The summed E-state index contributed by atoms with van der Waals surface area (Å²) in [6, 6.07) is 9.21. The SMILES string of the molecule is COC(=O)c1ccccc1C1CCN([C@@H]2C[C@H]3CCC[C@@]3(C(=O)N3CCc4ncc(C(F)(F)F)cc4C3)C2)CC1. The first-order valence-electron chi connectivity index (χ1n) is 14.5. The van der Waals surface area contributed by atoms with E-state index in [0.717, 1.165) is 69.8 Å². The number of amides is 1. The number of aromatic nitrogens is 1. The van der Waals surface area contributed by atoms with Gasteiger partial charge < -0.3 is 14.5 Å². The van der Waals surface area contributed by atoms with Gasteiger partial charge in [-0.3, -0.25) is 9.78 Å². The lowest BCUT2D eigenvalue weighted by Crippen LogP contribution is -2.47. The third-order valence-electron chi connectivity index (χ3n) is 10.0. The van der Waals surface area contributed by atoms with Crippen molar-refractivity contribution in [2.75, 3.05) is 26.7 Å². The summed E-state index contributed by atoms with van der Waals surface area (Å²) >= 11 is 0. The second-order valence-corrected chi connectivity index (χ2v) is 12.0. The monoisotopic (exact) mass is 555 g/mol. The van der Waals surface area contributed by atoms with Crippen molar-refractivity contribution in [2.45, 2.75) is 76.0 Å². The van der Waals surface area contributed by atoms with Gasteiger partial charge in [-0.2, -0.15) is 13.2 Å². The molecule has 2 aliphatic carbocycles. The average Bonchev–Trinajstić information content (AvgIpc) is 3.54. The van der Waals surface area contributed by atoms with Crippen LogP contribution in [0.1, 0.15) is 83.6 Å². The van der Waals surface area contributed by atoms with Gasteiger partial charge in [0.15, 0.2) is 0 Å². The number of fused-ring (bicyclic) bond motifs is 2. The summed E-state index contributed by atoms with van der Waals surface area (Å²) in [4.78, 5) is 34.8. The number of nitrogens with zero attached hydrogens (tertiary/aromatic N) is 3. The van der Waals surface area contributed by atoms with Crippen LogP contribution in [0.3, 0.4) is 0 Å². The van der Waals surface area contributed by atoms with E-state index in [4.69, 9.17) is 4.74 Å². The molecule has 2 aromatic rings. The molecule has 3 heterocycles. The molecule has 0 unspecified atom stereocenters. The van der Waals surface area contributed by atoms with Crippen molar-refractivity contribution in [3.8, 4) is 0 Å². The number of methoxy groups -OCH3 is 1. The van der Waals surface area contributed by atoms with Crippen molar-refractivity contribution in [3.63, 3.8) is 0 Å². The number of alkyl halides is 3. The lowest BCUT2D eigenvalue weighted by atomic mass is 9.78. The average molecular weight is 556 g/mol. The predicted molar refractivity (Wildman–Crippen MR) is 142 cm³/mol. The molecule has 3 fully saturated rings. The number of halogens is 3. The Hall–Kier alpha value is -2.94. The van der Waals surface area contributed by atoms with E-state index in [1.54, 1.807) is 4.90 Å². The van der Waals surface area contributed by atoms with Gasteiger partial charge in [-0.1, -0.05) is 24.6 Å². The van der Waals surface area contributed by atoms with Gasteiger partial charge in [-0.25, -0.2) is 4.79 Å². The molecule has 0 bridgehead atoms. The van der Waals surface area contributed by atoms with Gasteiger partial charge in [0.05, 0.1) is 23.7 Å². The third kappa shape index (κ3) is 4.80. The van der Waals surface area contributed by atoms with Crippen molar-refractivity contribution in [2.24, 2.45) is 11.3 Å². The maximum absolute atomic E-state index is 14.1. The summed E-state index contributed by atoms with van der Waals surface area (Å²) < 4.78 is 44.9. The molecule has 1 saturated heterocycles. The second-order valence-electron chi connectivity index (χ2n) is 12.0. The number of pyridine rings is 1. The molecule has 40 heavy (non-hydrogen) atoms. The molecule has 0 radical (unpaired) electrons. The van der Waals surface area contributed by atoms with E-state index in [1.165, 1.54) is 13.2 Å². The van der Waals surface area contributed by atoms with Crippen molar-refractivity contribution in [1.82, 2.24) is 14.8 Å². The van der Waals surface area contributed by atoms with E-state index in [2.05, 4.69) is 9.88 Å². The van der Waals surface area contributed by atoms with Crippen LogP contribution in [-0.4, -0.2) is 59.4 Å². The van der Waals surface area contributed by atoms with Crippen LogP contribution in [0.4, 0.5) is 13.2 Å². The fourth-order valence-electron chi connectivity index (χ4n) is 8.03. The minimum Gasteiger partial charge on any atom is -0.465 e. The van der Waals surface area contributed by atoms with Crippen molar-refractivity contribution in [3.05, 3.63) is 64.5 Å². The Labute approximate surface area is 232 Å². The Kier molecular flexibility index (Phi) is 7.13. The third-order valence-corrected chi connectivity index (χ3v) is 10.0. The fourth-order valence-corrected chi connectivity index (χ4v) is 8.03. The zero-order chi connectivity index (χ0) is 28.1. The van der Waals surface area contributed by atoms with Gasteiger partial charge in [0, 0.05) is 37.4 Å². The van der Waals surface area contributed by atoms with Crippen LogP contribution in [0.5, 0.6) is 0 Å². The molecule has 2 aliphatic heterocycles. The largest absolute Gasteiger partial charge is 0.465 e. The smallest absolute Gasteiger partial charge is 0.417 e. The van der Waals surface area contributed by atoms with Gasteiger partial charge in [-0.05, 0) is 86.7 Å². The first-order chi connectivity index (χ1) is 19.2. The van der Waals surface area contributed by atoms with Crippen LogP contribution >= 0.6 is 0 Å². The standard InChI is InChI=1S/C31H36F3N3O3/c1-40-28(38)26-7-3-2-6-25(26)20-8-12-36(13-9-20)24-16-22-5-4-11-30(22,17-24)29(39)37-14-10-27-21(19-37)15-23(18-35-27)31(32,33)34/h2-3,6-7,15,18,20,22,24H,4-5,8-14,16-17,19H2,1H3/t22-,24-,30-/m1/s1. The van der Waals surface area contributed by atoms with Crippen LogP contribution < -0.4 is 0 Å². The zero-order valence-corrected chi connectivity index (χ0v) is 22.9. The van der Waals surface area contributed by atoms with Crippen molar-refractivity contribution >= 4 is 11.9 Å². The van der Waals surface area contributed by atoms with E-state index in [9.17, 15) is 22.8 Å². The van der Waals surface area contributed by atoms with E-state index >= 15 is 0 Å². The minimum absolute atomic E-state index is 0.127. The number of rotatable bonds is 4. The summed E-state index contributed by atoms with van der Waals surface area (Å²) in [7, 11) is 1.41. The second kappa shape index (κ2) is 10.5. The topological polar surface area (TPSA) is 62.7 Å². The van der Waals surface area contributed by atoms with Gasteiger partial charge >= 0.3 is 12.1 Å². The minimum atomic E-state index is -4.45. The summed E-state index contributed by atoms with van der Waals surface area (Å²) in [5.41, 5.74) is 1.71. The number of likely N-dealkylation sites (tertiary alicyclic amines) is 1. The van der Waals surface area contributed by atoms with Crippen LogP contribution in [0, 0.1) is 11.3 Å². The molecule has 2 saturated carbocycles. The fraction of sp³-hybridized carbons (Fsp3) is 0.581. The number of benzene rings is 1. The molecule has 6 rings (SSSR count). The number of carbonyl (C=O) groups excluding carboxylic acids is 2. The maximum Gasteiger partial charge on any atom is 0.417 e. The van der Waals surface area contributed by atoms with E-state index < -0.39 is 17.2 Å². The number of esters is 1. The van der Waals surface area contributed by atoms with E-state index in [-0.39, 0.29) is 18.4 Å². The van der Waals surface area contributed by atoms with Crippen molar-refractivity contribution < 1.29 is 27.5 Å². The highest BCUT2D eigenvalue weighted by Crippen LogP contribution is 2.57. The van der Waals surface area contributed by atoms with Gasteiger partial charge in [0.25, 0.3) is 0 Å². The molecule has 1 aromatic heterocycles. The molecule has 6 nitrogen and oxygen atoms in total. The first-order valence-corrected chi connectivity index (χ1v) is 14.5. The lowest BCUT2D eigenvalue weighted by Gasteiger charge is -2.39. The predicted octanol–water partition coefficient (Wildman–Crippen LogP) is 5.60. The highest BCUT2D eigenvalue weighted by Gasteiger charge is 2.57. The molecule has 1 amide bonds. The van der Waals surface area contributed by atoms with Gasteiger partial charge in [-0.15, -0.1) is 0 Å². The molecule has 1 aromatic carbocycles. The van der Waals surface area contributed by atoms with Gasteiger partial charge in [0.2, 0.25) is 5.91 Å². The van der Waals surface area contributed by atoms with Crippen molar-refractivity contribution in [1.29, 1.82) is 0 Å². The molecular formula is C31H36F3N3O3. The lowest BCUT2D eigenvalue weighted by molar-refractivity contribution is -0.144. The summed E-state index contributed by atoms with van der Waals surface area (Å²) in [5.74, 6) is 0.450. The number of piperidine rings is 1. The Bertz CT molecular complexity index is 1290. The molecule has 3 atom stereocenters. The first kappa shape index (κ1) is 27.2. The van der Waals surface area contributed by atoms with E-state index in [1.807, 2.05) is 24.3 Å². The normalized spacial score (nSPS) is 27.4. The molecule has 4 aliphatic rings. The Balaban J connectivity index is 1.13. The summed E-state index contributed by atoms with van der Waals surface area (Å²) in [6.45, 7) is 2.55. The molecular weight excluding hydrogens is 519 g/mol. The number of hydrogen-bond donors (Lipinski definition) is 0. The number of hydrogen-bond acceptors (Lipinski definition) is 5. The van der Waals surface area contributed by atoms with Crippen LogP contribution in [0.25, 0.3) is 0 Å². The Morgan fingerprint density at radius 3 is 2.62 bits per heavy atom. The molecule has 0 spiro atoms. The van der Waals surface area contributed by atoms with E-state index in [0.29, 0.717) is 47.7 Å². The Morgan fingerprint density at radius 1 is 1.10 bits per heavy atom.